The van der Waals surface area contributed by atoms with Gasteiger partial charge in [0.15, 0.2) is 0 Å². The van der Waals surface area contributed by atoms with Crippen LogP contribution in [0.4, 0.5) is 0 Å². The molecule has 0 fully saturated rings. The fraction of sp³-hybridized carbons (Fsp3) is 0.778. The van der Waals surface area contributed by atoms with E-state index in [-0.39, 0.29) is 0 Å². The lowest BCUT2D eigenvalue weighted by Crippen LogP contribution is -2.16. The van der Waals surface area contributed by atoms with Gasteiger partial charge in [0.25, 0.3) is 0 Å². The third kappa shape index (κ3) is 10.2. The number of hydrogen-bond donors (Lipinski definition) is 1. The average molecular weight is 220 g/mol. The number of hydrogen-bond acceptors (Lipinski definition) is 1. The Hall–Kier alpha value is 0.180. The maximum atomic E-state index is 3.74. The van der Waals surface area contributed by atoms with E-state index in [1.54, 1.807) is 0 Å². The van der Waals surface area contributed by atoms with Crippen molar-refractivity contribution < 1.29 is 0 Å². The summed E-state index contributed by atoms with van der Waals surface area (Å²) >= 11 is 3.30. The summed E-state index contributed by atoms with van der Waals surface area (Å²) in [4.78, 5) is 0. The lowest BCUT2D eigenvalue weighted by molar-refractivity contribution is 0.536. The minimum Gasteiger partial charge on any atom is -0.312 e. The summed E-state index contributed by atoms with van der Waals surface area (Å²) in [6, 6.07) is 0. The molecule has 0 aliphatic carbocycles. The van der Waals surface area contributed by atoms with Crippen LogP contribution in [0.5, 0.6) is 0 Å². The highest BCUT2D eigenvalue weighted by molar-refractivity contribution is 9.11. The van der Waals surface area contributed by atoms with Crippen LogP contribution in [0.2, 0.25) is 0 Å². The van der Waals surface area contributed by atoms with E-state index in [4.69, 9.17) is 0 Å². The molecule has 11 heavy (non-hydrogen) atoms. The lowest BCUT2D eigenvalue weighted by atomic mass is 10.1. The van der Waals surface area contributed by atoms with E-state index < -0.39 is 0 Å². The number of halogens is 1. The molecule has 0 unspecified atom stereocenters. The molecular weight excluding hydrogens is 202 g/mol. The van der Waals surface area contributed by atoms with Crippen LogP contribution in [0.3, 0.4) is 0 Å². The fourth-order valence-corrected chi connectivity index (χ4v) is 1.06. The normalized spacial score (nSPS) is 10.5. The summed E-state index contributed by atoms with van der Waals surface area (Å²) in [5.74, 6) is 0.823. The first-order chi connectivity index (χ1) is 5.13. The van der Waals surface area contributed by atoms with Crippen molar-refractivity contribution in [1.82, 2.24) is 5.32 Å². The van der Waals surface area contributed by atoms with Crippen molar-refractivity contribution in [2.75, 3.05) is 13.1 Å². The summed E-state index contributed by atoms with van der Waals surface area (Å²) in [5, 5.41) is 3.29. The minimum absolute atomic E-state index is 0.823. The molecule has 1 nitrogen and oxygen atoms in total. The van der Waals surface area contributed by atoms with Gasteiger partial charge in [0, 0.05) is 11.0 Å². The van der Waals surface area contributed by atoms with Gasteiger partial charge in [-0.15, -0.1) is 0 Å². The first-order valence-corrected chi connectivity index (χ1v) is 4.96. The van der Waals surface area contributed by atoms with Gasteiger partial charge >= 0.3 is 0 Å². The summed E-state index contributed by atoms with van der Waals surface area (Å²) in [5.41, 5.74) is 0. The maximum Gasteiger partial charge on any atom is 0.0265 e. The van der Waals surface area contributed by atoms with Gasteiger partial charge in [-0.3, -0.25) is 0 Å². The van der Waals surface area contributed by atoms with E-state index in [0.717, 1.165) is 23.5 Å². The van der Waals surface area contributed by atoms with Crippen LogP contribution < -0.4 is 5.32 Å². The second kappa shape index (κ2) is 6.86. The predicted molar refractivity (Wildman–Crippen MR) is 55.0 cm³/mol. The van der Waals surface area contributed by atoms with Crippen molar-refractivity contribution in [3.05, 3.63) is 11.1 Å². The van der Waals surface area contributed by atoms with E-state index in [0.29, 0.717) is 0 Å². The van der Waals surface area contributed by atoms with Gasteiger partial charge in [0.1, 0.15) is 0 Å². The van der Waals surface area contributed by atoms with E-state index in [1.165, 1.54) is 12.8 Å². The molecule has 0 heterocycles. The van der Waals surface area contributed by atoms with Crippen LogP contribution in [0.25, 0.3) is 0 Å². The van der Waals surface area contributed by atoms with Crippen LogP contribution in [-0.2, 0) is 0 Å². The Morgan fingerprint density at radius 2 is 2.18 bits per heavy atom. The highest BCUT2D eigenvalue weighted by atomic mass is 79.9. The highest BCUT2D eigenvalue weighted by Crippen LogP contribution is 2.02. The molecule has 0 saturated heterocycles. The second-order valence-corrected chi connectivity index (χ2v) is 4.35. The zero-order chi connectivity index (χ0) is 8.69. The molecule has 0 aromatic carbocycles. The summed E-state index contributed by atoms with van der Waals surface area (Å²) in [7, 11) is 0. The Balaban J connectivity index is 2.97. The van der Waals surface area contributed by atoms with Gasteiger partial charge < -0.3 is 5.32 Å². The summed E-state index contributed by atoms with van der Waals surface area (Å²) < 4.78 is 1.03. The number of rotatable bonds is 6. The van der Waals surface area contributed by atoms with Gasteiger partial charge in [-0.2, -0.15) is 0 Å². The largest absolute Gasteiger partial charge is 0.312 e. The molecular formula is C9H18BrN. The molecule has 0 aliphatic heterocycles. The van der Waals surface area contributed by atoms with Crippen LogP contribution in [0.15, 0.2) is 11.1 Å². The third-order valence-electron chi connectivity index (χ3n) is 1.45. The number of nitrogens with one attached hydrogen (secondary N) is 1. The first kappa shape index (κ1) is 11.2. The van der Waals surface area contributed by atoms with Crippen molar-refractivity contribution in [2.24, 2.45) is 5.92 Å². The Morgan fingerprint density at radius 3 is 2.64 bits per heavy atom. The molecule has 1 N–H and O–H groups in total. The SMILES string of the molecule is C=C(Br)CNCCCC(C)C. The Kier molecular flexibility index (Phi) is 6.98. The molecule has 0 amide bonds. The summed E-state index contributed by atoms with van der Waals surface area (Å²) in [6.45, 7) is 10.2. The van der Waals surface area contributed by atoms with Crippen molar-refractivity contribution in [3.8, 4) is 0 Å². The van der Waals surface area contributed by atoms with Crippen LogP contribution in [-0.4, -0.2) is 13.1 Å². The van der Waals surface area contributed by atoms with Gasteiger partial charge in [0.05, 0.1) is 0 Å². The molecule has 0 aromatic rings. The van der Waals surface area contributed by atoms with Gasteiger partial charge in [0.2, 0.25) is 0 Å². The molecule has 0 rings (SSSR count). The maximum absolute atomic E-state index is 3.74. The van der Waals surface area contributed by atoms with Gasteiger partial charge in [-0.1, -0.05) is 36.4 Å². The smallest absolute Gasteiger partial charge is 0.0265 e. The van der Waals surface area contributed by atoms with E-state index >= 15 is 0 Å². The molecule has 66 valence electrons. The zero-order valence-corrected chi connectivity index (χ0v) is 9.08. The van der Waals surface area contributed by atoms with Crippen molar-refractivity contribution >= 4 is 15.9 Å². The van der Waals surface area contributed by atoms with Crippen molar-refractivity contribution in [2.45, 2.75) is 26.7 Å². The van der Waals surface area contributed by atoms with Gasteiger partial charge in [-0.05, 0) is 25.3 Å². The lowest BCUT2D eigenvalue weighted by Gasteiger charge is -2.05. The molecule has 0 spiro atoms. The molecule has 0 saturated carbocycles. The molecule has 0 radical (unpaired) electrons. The Labute approximate surface area is 78.4 Å². The van der Waals surface area contributed by atoms with Crippen LogP contribution >= 0.6 is 15.9 Å². The standard InChI is InChI=1S/C9H18BrN/c1-8(2)5-4-6-11-7-9(3)10/h8,11H,3-7H2,1-2H3. The second-order valence-electron chi connectivity index (χ2n) is 3.23. The van der Waals surface area contributed by atoms with Crippen molar-refractivity contribution in [3.63, 3.8) is 0 Å². The molecule has 0 aliphatic rings. The van der Waals surface area contributed by atoms with E-state index in [1.807, 2.05) is 0 Å². The third-order valence-corrected chi connectivity index (χ3v) is 1.73. The van der Waals surface area contributed by atoms with Crippen LogP contribution in [0.1, 0.15) is 26.7 Å². The quantitative estimate of drug-likeness (QED) is 0.678. The highest BCUT2D eigenvalue weighted by Gasteiger charge is 1.93. The Bertz CT molecular complexity index is 110. The summed E-state index contributed by atoms with van der Waals surface area (Å²) in [6.07, 6.45) is 2.57. The zero-order valence-electron chi connectivity index (χ0n) is 7.49. The minimum atomic E-state index is 0.823. The molecule has 0 aromatic heterocycles. The average Bonchev–Trinajstić information content (AvgIpc) is 1.85. The van der Waals surface area contributed by atoms with Crippen molar-refractivity contribution in [1.29, 1.82) is 0 Å². The van der Waals surface area contributed by atoms with Crippen LogP contribution in [0, 0.1) is 5.92 Å². The molecule has 2 heteroatoms. The van der Waals surface area contributed by atoms with E-state index in [9.17, 15) is 0 Å². The molecule has 0 bridgehead atoms. The Morgan fingerprint density at radius 1 is 1.55 bits per heavy atom. The predicted octanol–water partition coefficient (Wildman–Crippen LogP) is 2.92. The van der Waals surface area contributed by atoms with E-state index in [2.05, 4.69) is 41.7 Å². The first-order valence-electron chi connectivity index (χ1n) is 4.17. The monoisotopic (exact) mass is 219 g/mol. The fourth-order valence-electron chi connectivity index (χ4n) is 0.859. The van der Waals surface area contributed by atoms with Gasteiger partial charge in [-0.25, -0.2) is 0 Å². The molecule has 0 atom stereocenters. The topological polar surface area (TPSA) is 12.0 Å².